The number of nitrogens with one attached hydrogen (secondary N) is 1. The SMILES string of the molecule is CCN(CC)S(=O)(=O)c1ccc(CCNC(=NC)N(C)CCC2CCOCC2)s1.I. The van der Waals surface area contributed by atoms with Gasteiger partial charge < -0.3 is 15.0 Å². The Morgan fingerprint density at radius 1 is 1.27 bits per heavy atom. The van der Waals surface area contributed by atoms with E-state index in [1.54, 1.807) is 13.1 Å². The molecule has 1 aliphatic heterocycles. The Morgan fingerprint density at radius 2 is 1.93 bits per heavy atom. The van der Waals surface area contributed by atoms with Crippen LogP contribution in [0.15, 0.2) is 21.3 Å². The number of aliphatic imine (C=N–C) groups is 1. The van der Waals surface area contributed by atoms with Crippen LogP contribution < -0.4 is 5.32 Å². The number of hydrogen-bond donors (Lipinski definition) is 1. The van der Waals surface area contributed by atoms with Gasteiger partial charge in [-0.15, -0.1) is 35.3 Å². The van der Waals surface area contributed by atoms with Gasteiger partial charge in [0.05, 0.1) is 0 Å². The van der Waals surface area contributed by atoms with E-state index >= 15 is 0 Å². The molecular formula is C20H37IN4O3S2. The van der Waals surface area contributed by atoms with Gasteiger partial charge in [-0.2, -0.15) is 4.31 Å². The van der Waals surface area contributed by atoms with Gasteiger partial charge in [0.15, 0.2) is 5.96 Å². The summed E-state index contributed by atoms with van der Waals surface area (Å²) >= 11 is 1.36. The van der Waals surface area contributed by atoms with Gasteiger partial charge in [-0.1, -0.05) is 13.8 Å². The van der Waals surface area contributed by atoms with Crippen molar-refractivity contribution in [3.05, 3.63) is 17.0 Å². The number of guanidine groups is 1. The summed E-state index contributed by atoms with van der Waals surface area (Å²) in [5, 5.41) is 3.40. The molecule has 0 saturated carbocycles. The normalized spacial score (nSPS) is 15.8. The predicted molar refractivity (Wildman–Crippen MR) is 136 cm³/mol. The molecule has 0 aliphatic carbocycles. The molecule has 0 bridgehead atoms. The Hall–Kier alpha value is -0.430. The van der Waals surface area contributed by atoms with Gasteiger partial charge in [0, 0.05) is 58.4 Å². The molecule has 1 N–H and O–H groups in total. The number of nitrogens with zero attached hydrogens (tertiary/aromatic N) is 3. The molecule has 0 radical (unpaired) electrons. The molecule has 2 rings (SSSR count). The molecule has 0 spiro atoms. The quantitative estimate of drug-likeness (QED) is 0.265. The third kappa shape index (κ3) is 7.92. The summed E-state index contributed by atoms with van der Waals surface area (Å²) in [6.07, 6.45) is 4.22. The van der Waals surface area contributed by atoms with E-state index in [0.717, 1.165) is 68.7 Å². The maximum absolute atomic E-state index is 12.6. The first-order valence-corrected chi connectivity index (χ1v) is 12.8. The molecule has 10 heteroatoms. The van der Waals surface area contributed by atoms with Crippen molar-refractivity contribution in [1.29, 1.82) is 0 Å². The van der Waals surface area contributed by atoms with E-state index in [4.69, 9.17) is 4.74 Å². The van der Waals surface area contributed by atoms with Crippen molar-refractivity contribution in [2.24, 2.45) is 10.9 Å². The van der Waals surface area contributed by atoms with Gasteiger partial charge in [0.2, 0.25) is 0 Å². The molecule has 0 amide bonds. The molecular weight excluding hydrogens is 535 g/mol. The first kappa shape index (κ1) is 27.6. The van der Waals surface area contributed by atoms with Gasteiger partial charge >= 0.3 is 0 Å². The highest BCUT2D eigenvalue weighted by molar-refractivity contribution is 14.0. The highest BCUT2D eigenvalue weighted by Crippen LogP contribution is 2.25. The minimum absolute atomic E-state index is 0. The lowest BCUT2D eigenvalue weighted by Crippen LogP contribution is -2.40. The topological polar surface area (TPSA) is 74.2 Å². The van der Waals surface area contributed by atoms with Crippen molar-refractivity contribution in [2.75, 3.05) is 53.5 Å². The van der Waals surface area contributed by atoms with Crippen molar-refractivity contribution in [2.45, 2.75) is 43.7 Å². The minimum atomic E-state index is -3.37. The first-order valence-electron chi connectivity index (χ1n) is 10.5. The Kier molecular flexibility index (Phi) is 12.8. The van der Waals surface area contributed by atoms with Crippen LogP contribution >= 0.6 is 35.3 Å². The summed E-state index contributed by atoms with van der Waals surface area (Å²) in [5.74, 6) is 1.62. The van der Waals surface area contributed by atoms with E-state index in [1.807, 2.05) is 19.9 Å². The number of thiophene rings is 1. The van der Waals surface area contributed by atoms with Gasteiger partial charge in [0.25, 0.3) is 10.0 Å². The van der Waals surface area contributed by atoms with Crippen LogP contribution in [0.3, 0.4) is 0 Å². The highest BCUT2D eigenvalue weighted by atomic mass is 127. The summed E-state index contributed by atoms with van der Waals surface area (Å²) in [5.41, 5.74) is 0. The molecule has 0 aromatic carbocycles. The smallest absolute Gasteiger partial charge is 0.252 e. The fourth-order valence-electron chi connectivity index (χ4n) is 3.52. The van der Waals surface area contributed by atoms with Crippen molar-refractivity contribution in [3.8, 4) is 0 Å². The predicted octanol–water partition coefficient (Wildman–Crippen LogP) is 3.26. The zero-order chi connectivity index (χ0) is 21.3. The Labute approximate surface area is 203 Å². The Bertz CT molecular complexity index is 745. The third-order valence-electron chi connectivity index (χ3n) is 5.38. The average molecular weight is 573 g/mol. The number of halogens is 1. The fourth-order valence-corrected chi connectivity index (χ4v) is 6.49. The maximum Gasteiger partial charge on any atom is 0.252 e. The van der Waals surface area contributed by atoms with Crippen LogP contribution in [0.4, 0.5) is 0 Å². The summed E-state index contributed by atoms with van der Waals surface area (Å²) in [7, 11) is 0.495. The zero-order valence-electron chi connectivity index (χ0n) is 18.6. The number of rotatable bonds is 10. The van der Waals surface area contributed by atoms with Crippen LogP contribution in [-0.4, -0.2) is 77.1 Å². The van der Waals surface area contributed by atoms with E-state index in [1.165, 1.54) is 15.6 Å². The lowest BCUT2D eigenvalue weighted by atomic mass is 9.96. The zero-order valence-corrected chi connectivity index (χ0v) is 22.6. The van der Waals surface area contributed by atoms with Crippen LogP contribution in [0.2, 0.25) is 0 Å². The van der Waals surface area contributed by atoms with Crippen LogP contribution in [0.5, 0.6) is 0 Å². The second-order valence-electron chi connectivity index (χ2n) is 7.30. The van der Waals surface area contributed by atoms with Crippen molar-refractivity contribution in [3.63, 3.8) is 0 Å². The summed E-state index contributed by atoms with van der Waals surface area (Å²) in [6.45, 7) is 8.17. The van der Waals surface area contributed by atoms with E-state index in [2.05, 4.69) is 22.3 Å². The van der Waals surface area contributed by atoms with Crippen molar-refractivity contribution in [1.82, 2.24) is 14.5 Å². The average Bonchev–Trinajstić information content (AvgIpc) is 3.21. The van der Waals surface area contributed by atoms with Crippen LogP contribution in [0.1, 0.15) is 38.0 Å². The van der Waals surface area contributed by atoms with Gasteiger partial charge in [-0.05, 0) is 43.7 Å². The lowest BCUT2D eigenvalue weighted by molar-refractivity contribution is 0.0625. The van der Waals surface area contributed by atoms with E-state index in [-0.39, 0.29) is 24.0 Å². The molecule has 30 heavy (non-hydrogen) atoms. The molecule has 1 saturated heterocycles. The molecule has 174 valence electrons. The lowest BCUT2D eigenvalue weighted by Gasteiger charge is -2.26. The number of hydrogen-bond acceptors (Lipinski definition) is 5. The fraction of sp³-hybridized carbons (Fsp3) is 0.750. The molecule has 0 atom stereocenters. The second-order valence-corrected chi connectivity index (χ2v) is 10.6. The summed E-state index contributed by atoms with van der Waals surface area (Å²) in [4.78, 5) is 7.61. The largest absolute Gasteiger partial charge is 0.381 e. The molecule has 1 aromatic rings. The summed E-state index contributed by atoms with van der Waals surface area (Å²) < 4.78 is 32.6. The first-order chi connectivity index (χ1) is 13.9. The van der Waals surface area contributed by atoms with Crippen LogP contribution in [0.25, 0.3) is 0 Å². The van der Waals surface area contributed by atoms with Gasteiger partial charge in [0.1, 0.15) is 4.21 Å². The van der Waals surface area contributed by atoms with E-state index in [0.29, 0.717) is 17.3 Å². The second kappa shape index (κ2) is 13.9. The van der Waals surface area contributed by atoms with Crippen LogP contribution in [-0.2, 0) is 21.2 Å². The Balaban J connectivity index is 0.00000450. The van der Waals surface area contributed by atoms with Crippen molar-refractivity contribution >= 4 is 51.3 Å². The molecule has 7 nitrogen and oxygen atoms in total. The van der Waals surface area contributed by atoms with Crippen molar-refractivity contribution < 1.29 is 13.2 Å². The van der Waals surface area contributed by atoms with Gasteiger partial charge in [-0.25, -0.2) is 8.42 Å². The van der Waals surface area contributed by atoms with E-state index in [9.17, 15) is 8.42 Å². The summed E-state index contributed by atoms with van der Waals surface area (Å²) in [6, 6.07) is 3.64. The minimum Gasteiger partial charge on any atom is -0.381 e. The Morgan fingerprint density at radius 3 is 2.53 bits per heavy atom. The highest BCUT2D eigenvalue weighted by Gasteiger charge is 2.23. The molecule has 1 fully saturated rings. The van der Waals surface area contributed by atoms with Crippen LogP contribution in [0, 0.1) is 5.92 Å². The molecule has 0 unspecified atom stereocenters. The third-order valence-corrected chi connectivity index (χ3v) is 9.04. The number of sulfonamides is 1. The molecule has 2 heterocycles. The van der Waals surface area contributed by atoms with Gasteiger partial charge in [-0.3, -0.25) is 4.99 Å². The van der Waals surface area contributed by atoms with E-state index < -0.39 is 10.0 Å². The molecule has 1 aromatic heterocycles. The monoisotopic (exact) mass is 572 g/mol. The number of ether oxygens (including phenoxy) is 1. The molecule has 1 aliphatic rings. The standard InChI is InChI=1S/C20H36N4O3S2.HI/c1-5-24(6-2)29(25,26)19-8-7-18(28-19)9-13-22-20(21-3)23(4)14-10-17-11-15-27-16-12-17;/h7-8,17H,5-6,9-16H2,1-4H3,(H,21,22);1H. The maximum atomic E-state index is 12.6.